The van der Waals surface area contributed by atoms with E-state index in [-0.39, 0.29) is 17.7 Å². The number of rotatable bonds is 8. The van der Waals surface area contributed by atoms with Gasteiger partial charge in [0.15, 0.2) is 11.5 Å². The van der Waals surface area contributed by atoms with Crippen molar-refractivity contribution < 1.29 is 19.1 Å². The van der Waals surface area contributed by atoms with Crippen molar-refractivity contribution in [2.24, 2.45) is 11.8 Å². The number of nitrogens with zero attached hydrogens (tertiary/aromatic N) is 1. The average molecular weight is 418 g/mol. The van der Waals surface area contributed by atoms with E-state index in [9.17, 15) is 9.59 Å². The molecule has 0 spiro atoms. The largest absolute Gasteiger partial charge is 0.493 e. The zero-order valence-electron chi connectivity index (χ0n) is 18.2. The number of anilines is 1. The van der Waals surface area contributed by atoms with Crippen molar-refractivity contribution in [3.05, 3.63) is 18.2 Å². The van der Waals surface area contributed by atoms with E-state index in [2.05, 4.69) is 15.5 Å². The molecule has 0 aromatic heterocycles. The first kappa shape index (κ1) is 22.4. The topological polar surface area (TPSA) is 79.9 Å². The molecule has 1 aromatic carbocycles. The van der Waals surface area contributed by atoms with Crippen LogP contribution in [0.25, 0.3) is 0 Å². The van der Waals surface area contributed by atoms with Crippen molar-refractivity contribution in [1.29, 1.82) is 0 Å². The maximum Gasteiger partial charge on any atom is 0.238 e. The Hall–Kier alpha value is -2.28. The van der Waals surface area contributed by atoms with Gasteiger partial charge in [-0.25, -0.2) is 0 Å². The Balaban J connectivity index is 1.38. The van der Waals surface area contributed by atoms with E-state index in [1.54, 1.807) is 32.4 Å². The second-order valence-corrected chi connectivity index (χ2v) is 8.42. The molecule has 2 aliphatic rings. The quantitative estimate of drug-likeness (QED) is 0.680. The van der Waals surface area contributed by atoms with E-state index in [0.717, 1.165) is 32.5 Å². The van der Waals surface area contributed by atoms with Crippen molar-refractivity contribution in [2.75, 3.05) is 45.7 Å². The van der Waals surface area contributed by atoms with Crippen LogP contribution >= 0.6 is 0 Å². The number of hydrogen-bond acceptors (Lipinski definition) is 5. The predicted molar refractivity (Wildman–Crippen MR) is 117 cm³/mol. The first-order valence-electron chi connectivity index (χ1n) is 11.1. The van der Waals surface area contributed by atoms with Crippen molar-refractivity contribution in [2.45, 2.75) is 44.9 Å². The fourth-order valence-corrected chi connectivity index (χ4v) is 4.45. The minimum atomic E-state index is -0.0672. The molecular formula is C23H35N3O4. The third-order valence-electron chi connectivity index (χ3n) is 6.28. The number of hydrogen-bond donors (Lipinski definition) is 2. The van der Waals surface area contributed by atoms with Crippen molar-refractivity contribution >= 4 is 17.5 Å². The van der Waals surface area contributed by atoms with Gasteiger partial charge in [0.1, 0.15) is 0 Å². The third kappa shape index (κ3) is 6.36. The summed E-state index contributed by atoms with van der Waals surface area (Å²) in [5.41, 5.74) is 0.676. The van der Waals surface area contributed by atoms with Crippen LogP contribution in [0.1, 0.15) is 44.9 Å². The molecule has 7 nitrogen and oxygen atoms in total. The van der Waals surface area contributed by atoms with Crippen LogP contribution in [0.3, 0.4) is 0 Å². The molecule has 7 heteroatoms. The Morgan fingerprint density at radius 1 is 1.00 bits per heavy atom. The number of likely N-dealkylation sites (tertiary alicyclic amines) is 1. The lowest BCUT2D eigenvalue weighted by Gasteiger charge is -2.31. The van der Waals surface area contributed by atoms with Crippen molar-refractivity contribution in [1.82, 2.24) is 10.2 Å². The van der Waals surface area contributed by atoms with E-state index in [1.165, 1.54) is 32.1 Å². The molecule has 1 aliphatic heterocycles. The smallest absolute Gasteiger partial charge is 0.238 e. The highest BCUT2D eigenvalue weighted by molar-refractivity contribution is 5.92. The lowest BCUT2D eigenvalue weighted by Crippen LogP contribution is -2.44. The van der Waals surface area contributed by atoms with Gasteiger partial charge < -0.3 is 20.1 Å². The first-order chi connectivity index (χ1) is 14.6. The molecule has 0 atom stereocenters. The van der Waals surface area contributed by atoms with E-state index in [0.29, 0.717) is 29.6 Å². The van der Waals surface area contributed by atoms with Gasteiger partial charge in [-0.3, -0.25) is 14.5 Å². The number of carbonyl (C=O) groups is 2. The van der Waals surface area contributed by atoms with E-state index < -0.39 is 0 Å². The number of benzene rings is 1. The summed E-state index contributed by atoms with van der Waals surface area (Å²) in [5.74, 6) is 2.05. The number of amides is 2. The highest BCUT2D eigenvalue weighted by atomic mass is 16.5. The molecule has 1 aromatic rings. The molecule has 3 rings (SSSR count). The lowest BCUT2D eigenvalue weighted by molar-refractivity contribution is -0.126. The Morgan fingerprint density at radius 3 is 2.37 bits per heavy atom. The number of ether oxygens (including phenoxy) is 2. The maximum atomic E-state index is 12.5. The molecule has 0 bridgehead atoms. The number of nitrogens with one attached hydrogen (secondary N) is 2. The fraction of sp³-hybridized carbons (Fsp3) is 0.652. The van der Waals surface area contributed by atoms with Gasteiger partial charge >= 0.3 is 0 Å². The second kappa shape index (κ2) is 11.2. The SMILES string of the molecule is COc1ccc(NC(=O)CN2CCC(C(=O)NCC3CCCCC3)CC2)cc1OC. The summed E-state index contributed by atoms with van der Waals surface area (Å²) < 4.78 is 10.5. The first-order valence-corrected chi connectivity index (χ1v) is 11.1. The summed E-state index contributed by atoms with van der Waals surface area (Å²) in [7, 11) is 3.15. The molecule has 2 fully saturated rings. The molecule has 30 heavy (non-hydrogen) atoms. The minimum Gasteiger partial charge on any atom is -0.493 e. The molecule has 0 unspecified atom stereocenters. The van der Waals surface area contributed by atoms with Crippen molar-refractivity contribution in [3.8, 4) is 11.5 Å². The monoisotopic (exact) mass is 417 g/mol. The highest BCUT2D eigenvalue weighted by Crippen LogP contribution is 2.29. The summed E-state index contributed by atoms with van der Waals surface area (Å²) in [5, 5.41) is 6.08. The molecule has 166 valence electrons. The summed E-state index contributed by atoms with van der Waals surface area (Å²) in [6.45, 7) is 2.68. The van der Waals surface area contributed by atoms with Gasteiger partial charge in [0.25, 0.3) is 0 Å². The Labute approximate surface area is 179 Å². The Bertz CT molecular complexity index is 710. The lowest BCUT2D eigenvalue weighted by atomic mass is 9.89. The molecule has 1 saturated heterocycles. The van der Waals surface area contributed by atoms with Gasteiger partial charge in [0, 0.05) is 24.2 Å². The van der Waals surface area contributed by atoms with E-state index in [1.807, 2.05) is 0 Å². The number of carbonyl (C=O) groups excluding carboxylic acids is 2. The van der Waals surface area contributed by atoms with Gasteiger partial charge in [-0.2, -0.15) is 0 Å². The zero-order chi connectivity index (χ0) is 21.3. The van der Waals surface area contributed by atoms with Crippen LogP contribution in [-0.2, 0) is 9.59 Å². The Kier molecular flexibility index (Phi) is 8.37. The average Bonchev–Trinajstić information content (AvgIpc) is 2.78. The minimum absolute atomic E-state index is 0.0672. The van der Waals surface area contributed by atoms with Gasteiger partial charge in [-0.05, 0) is 56.8 Å². The van der Waals surface area contributed by atoms with Crippen LogP contribution in [0, 0.1) is 11.8 Å². The number of piperidine rings is 1. The highest BCUT2D eigenvalue weighted by Gasteiger charge is 2.26. The normalized spacial score (nSPS) is 18.6. The maximum absolute atomic E-state index is 12.5. The van der Waals surface area contributed by atoms with Crippen LogP contribution in [0.2, 0.25) is 0 Å². The molecule has 2 N–H and O–H groups in total. The zero-order valence-corrected chi connectivity index (χ0v) is 18.2. The van der Waals surface area contributed by atoms with Crippen LogP contribution in [0.15, 0.2) is 18.2 Å². The van der Waals surface area contributed by atoms with Crippen LogP contribution in [-0.4, -0.2) is 57.1 Å². The van der Waals surface area contributed by atoms with E-state index in [4.69, 9.17) is 9.47 Å². The fourth-order valence-electron chi connectivity index (χ4n) is 4.45. The standard InChI is InChI=1S/C23H35N3O4/c1-29-20-9-8-19(14-21(20)30-2)25-22(27)16-26-12-10-18(11-13-26)23(28)24-15-17-6-4-3-5-7-17/h8-9,14,17-18H,3-7,10-13,15-16H2,1-2H3,(H,24,28)(H,25,27). The molecule has 1 saturated carbocycles. The van der Waals surface area contributed by atoms with Gasteiger partial charge in [-0.1, -0.05) is 19.3 Å². The van der Waals surface area contributed by atoms with Gasteiger partial charge in [0.05, 0.1) is 20.8 Å². The molecule has 1 heterocycles. The predicted octanol–water partition coefficient (Wildman–Crippen LogP) is 3.05. The molecular weight excluding hydrogens is 382 g/mol. The molecule has 1 aliphatic carbocycles. The van der Waals surface area contributed by atoms with Gasteiger partial charge in [-0.15, -0.1) is 0 Å². The van der Waals surface area contributed by atoms with E-state index >= 15 is 0 Å². The summed E-state index contributed by atoms with van der Waals surface area (Å²) >= 11 is 0. The van der Waals surface area contributed by atoms with Gasteiger partial charge in [0.2, 0.25) is 11.8 Å². The van der Waals surface area contributed by atoms with Crippen molar-refractivity contribution in [3.63, 3.8) is 0 Å². The summed E-state index contributed by atoms with van der Waals surface area (Å²) in [6, 6.07) is 5.31. The van der Waals surface area contributed by atoms with Crippen LogP contribution < -0.4 is 20.1 Å². The summed E-state index contributed by atoms with van der Waals surface area (Å²) in [4.78, 5) is 27.0. The second-order valence-electron chi connectivity index (χ2n) is 8.42. The van der Waals surface area contributed by atoms with Crippen LogP contribution in [0.5, 0.6) is 11.5 Å². The molecule has 2 amide bonds. The molecule has 0 radical (unpaired) electrons. The number of methoxy groups -OCH3 is 2. The third-order valence-corrected chi connectivity index (χ3v) is 6.28. The summed E-state index contributed by atoms with van der Waals surface area (Å²) in [6.07, 6.45) is 8.03. The Morgan fingerprint density at radius 2 is 1.70 bits per heavy atom. The van der Waals surface area contributed by atoms with Crippen LogP contribution in [0.4, 0.5) is 5.69 Å².